The Hall–Kier alpha value is -3.62. The zero-order chi connectivity index (χ0) is 32.3. The standard InChI is InChI=1S/C23H25F6N3OS.C6H11NO2/c1-4-6-18(16-30-2)22(23(33)31-14-13-17-7-5-8-19(24)15-17)32(3)20-9-11-21(12-10-20)34(25,26,27,28)29;1-9-6-2-5(4-8)7-3-6/h4-12,15-16,22H,2,13-14H2,1,3H3,(H,31,33);4-7H,2-3H2,1H3/b6-4-,18-16+;. The Morgan fingerprint density at radius 3 is 2.37 bits per heavy atom. The van der Waals surface area contributed by atoms with E-state index < -0.39 is 32.9 Å². The number of aliphatic imine (C=N–C) groups is 1. The molecule has 1 fully saturated rings. The molecule has 0 radical (unpaired) electrons. The van der Waals surface area contributed by atoms with Gasteiger partial charge in [0.05, 0.1) is 12.1 Å². The van der Waals surface area contributed by atoms with Crippen molar-refractivity contribution < 1.29 is 38.1 Å². The lowest BCUT2D eigenvalue weighted by molar-refractivity contribution is -0.121. The number of amides is 1. The van der Waals surface area contributed by atoms with Gasteiger partial charge in [-0.05, 0) is 68.4 Å². The molecule has 1 heterocycles. The minimum Gasteiger partial charge on any atom is -0.380 e. The number of nitrogens with zero attached hydrogens (tertiary/aromatic N) is 2. The number of aldehydes is 1. The van der Waals surface area contributed by atoms with E-state index >= 15 is 0 Å². The van der Waals surface area contributed by atoms with Gasteiger partial charge in [0, 0.05) is 44.7 Å². The van der Waals surface area contributed by atoms with Gasteiger partial charge in [-0.25, -0.2) is 4.39 Å². The molecule has 0 aromatic heterocycles. The number of benzene rings is 2. The summed E-state index contributed by atoms with van der Waals surface area (Å²) in [6.07, 6.45) is 6.84. The molecular formula is C29H36F6N4O3S. The molecule has 2 aromatic carbocycles. The minimum absolute atomic E-state index is 0.0231. The quantitative estimate of drug-likeness (QED) is 0.123. The summed E-state index contributed by atoms with van der Waals surface area (Å²) in [6, 6.07) is 7.15. The van der Waals surface area contributed by atoms with Crippen molar-refractivity contribution in [3.05, 3.63) is 83.8 Å². The number of hydrogen-bond donors (Lipinski definition) is 2. The second kappa shape index (κ2) is 14.2. The van der Waals surface area contributed by atoms with Crippen molar-refractivity contribution in [2.75, 3.05) is 32.1 Å². The molecule has 2 N–H and O–H groups in total. The van der Waals surface area contributed by atoms with E-state index in [0.717, 1.165) is 31.4 Å². The normalized spacial score (nSPS) is 19.4. The molecule has 7 nitrogen and oxygen atoms in total. The summed E-state index contributed by atoms with van der Waals surface area (Å²) in [6.45, 7) is 6.02. The predicted molar refractivity (Wildman–Crippen MR) is 159 cm³/mol. The molecular weight excluding hydrogens is 598 g/mol. The summed E-state index contributed by atoms with van der Waals surface area (Å²) >= 11 is 0. The first-order chi connectivity index (χ1) is 20.0. The maximum atomic E-state index is 13.4. The number of carbonyl (C=O) groups excluding carboxylic acids is 2. The Balaban J connectivity index is 0.000000609. The monoisotopic (exact) mass is 634 g/mol. The van der Waals surface area contributed by atoms with Crippen molar-refractivity contribution in [3.8, 4) is 0 Å². The molecule has 238 valence electrons. The van der Waals surface area contributed by atoms with Crippen LogP contribution < -0.4 is 15.5 Å². The van der Waals surface area contributed by atoms with Crippen LogP contribution in [0.4, 0.5) is 29.5 Å². The van der Waals surface area contributed by atoms with Crippen molar-refractivity contribution >= 4 is 34.8 Å². The van der Waals surface area contributed by atoms with E-state index in [1.807, 2.05) is 0 Å². The third kappa shape index (κ3) is 11.2. The van der Waals surface area contributed by atoms with Gasteiger partial charge >= 0.3 is 10.2 Å². The fourth-order valence-corrected chi connectivity index (χ4v) is 4.93. The highest BCUT2D eigenvalue weighted by atomic mass is 32.5. The molecule has 0 aliphatic carbocycles. The van der Waals surface area contributed by atoms with Crippen LogP contribution in [0, 0.1) is 5.82 Å². The van der Waals surface area contributed by atoms with Gasteiger partial charge < -0.3 is 25.1 Å². The van der Waals surface area contributed by atoms with Gasteiger partial charge in [0.15, 0.2) is 0 Å². The molecule has 0 bridgehead atoms. The number of methoxy groups -OCH3 is 1. The van der Waals surface area contributed by atoms with Crippen molar-refractivity contribution in [2.24, 2.45) is 4.99 Å². The molecule has 43 heavy (non-hydrogen) atoms. The largest absolute Gasteiger partial charge is 0.380 e. The number of likely N-dealkylation sites (N-methyl/N-ethyl adjacent to an activating group) is 1. The van der Waals surface area contributed by atoms with Crippen LogP contribution in [0.5, 0.6) is 0 Å². The zero-order valence-electron chi connectivity index (χ0n) is 24.0. The number of hydrogen-bond acceptors (Lipinski definition) is 6. The fourth-order valence-electron chi connectivity index (χ4n) is 4.28. The lowest BCUT2D eigenvalue weighted by Crippen LogP contribution is -2.47. The van der Waals surface area contributed by atoms with E-state index in [9.17, 15) is 33.4 Å². The lowest BCUT2D eigenvalue weighted by atomic mass is 10.0. The Kier molecular flexibility index (Phi) is 11.8. The molecule has 2 aromatic rings. The number of rotatable bonds is 12. The minimum atomic E-state index is -9.82. The highest BCUT2D eigenvalue weighted by Gasteiger charge is 2.65. The Labute approximate surface area is 247 Å². The van der Waals surface area contributed by atoms with Crippen LogP contribution in [-0.2, 0) is 20.7 Å². The first-order valence-electron chi connectivity index (χ1n) is 13.1. The van der Waals surface area contributed by atoms with Crippen LogP contribution >= 0.6 is 10.2 Å². The third-order valence-electron chi connectivity index (χ3n) is 6.46. The average Bonchev–Trinajstić information content (AvgIpc) is 3.41. The summed E-state index contributed by atoms with van der Waals surface area (Å²) in [5.74, 6) is -0.935. The summed E-state index contributed by atoms with van der Waals surface area (Å²) < 4.78 is 83.7. The van der Waals surface area contributed by atoms with Crippen molar-refractivity contribution in [3.63, 3.8) is 0 Å². The van der Waals surface area contributed by atoms with Crippen LogP contribution in [0.2, 0.25) is 0 Å². The zero-order valence-corrected chi connectivity index (χ0v) is 24.8. The van der Waals surface area contributed by atoms with E-state index in [1.165, 1.54) is 30.3 Å². The molecule has 0 saturated carbocycles. The molecule has 3 atom stereocenters. The Morgan fingerprint density at radius 1 is 1.21 bits per heavy atom. The van der Waals surface area contributed by atoms with E-state index in [4.69, 9.17) is 4.74 Å². The van der Waals surface area contributed by atoms with E-state index in [0.29, 0.717) is 17.6 Å². The van der Waals surface area contributed by atoms with Gasteiger partial charge in [-0.3, -0.25) is 9.79 Å². The summed E-state index contributed by atoms with van der Waals surface area (Å²) in [4.78, 5) is 26.2. The van der Waals surface area contributed by atoms with Crippen LogP contribution in [0.25, 0.3) is 0 Å². The summed E-state index contributed by atoms with van der Waals surface area (Å²) in [5, 5.41) is 5.73. The van der Waals surface area contributed by atoms with E-state index in [2.05, 4.69) is 22.3 Å². The Bertz CT molecular complexity index is 1320. The SMILES string of the molecule is C=N/C=C(\C=C/C)C(C(=O)NCCc1cccc(F)c1)N(C)c1ccc(S(F)(F)(F)(F)F)cc1.COC1CNC(C=O)C1. The number of anilines is 1. The van der Waals surface area contributed by atoms with Crippen LogP contribution in [0.3, 0.4) is 0 Å². The summed E-state index contributed by atoms with van der Waals surface area (Å²) in [7, 11) is -6.72. The molecule has 0 spiro atoms. The summed E-state index contributed by atoms with van der Waals surface area (Å²) in [5.41, 5.74) is 1.11. The van der Waals surface area contributed by atoms with Gasteiger partial charge in [0.25, 0.3) is 0 Å². The van der Waals surface area contributed by atoms with Gasteiger partial charge in [-0.15, -0.1) is 0 Å². The maximum absolute atomic E-state index is 13.4. The van der Waals surface area contributed by atoms with Crippen LogP contribution in [-0.4, -0.2) is 64.3 Å². The highest BCUT2D eigenvalue weighted by Crippen LogP contribution is 3.02. The number of nitrogens with one attached hydrogen (secondary N) is 2. The highest BCUT2D eigenvalue weighted by molar-refractivity contribution is 8.45. The molecule has 1 aliphatic rings. The van der Waals surface area contributed by atoms with Crippen LogP contribution in [0.1, 0.15) is 18.9 Å². The molecule has 1 saturated heterocycles. The lowest BCUT2D eigenvalue weighted by Gasteiger charge is -2.40. The van der Waals surface area contributed by atoms with Gasteiger partial charge in [0.1, 0.15) is 23.0 Å². The van der Waals surface area contributed by atoms with Gasteiger partial charge in [-0.1, -0.05) is 43.7 Å². The second-order valence-electron chi connectivity index (χ2n) is 9.70. The van der Waals surface area contributed by atoms with E-state index in [-0.39, 0.29) is 36.5 Å². The molecule has 14 heteroatoms. The third-order valence-corrected chi connectivity index (χ3v) is 7.63. The molecule has 3 unspecified atom stereocenters. The number of allylic oxidation sites excluding steroid dienone is 1. The number of carbonyl (C=O) groups is 2. The number of ether oxygens (including phenoxy) is 1. The smallest absolute Gasteiger partial charge is 0.310 e. The molecule has 1 amide bonds. The van der Waals surface area contributed by atoms with Gasteiger partial charge in [0.2, 0.25) is 5.91 Å². The van der Waals surface area contributed by atoms with Crippen molar-refractivity contribution in [1.82, 2.24) is 10.6 Å². The predicted octanol–water partition coefficient (Wildman–Crippen LogP) is 6.37. The Morgan fingerprint density at radius 2 is 1.88 bits per heavy atom. The van der Waals surface area contributed by atoms with Crippen LogP contribution in [0.15, 0.2) is 82.3 Å². The molecule has 1 aliphatic heterocycles. The topological polar surface area (TPSA) is 83.0 Å². The number of halogens is 6. The van der Waals surface area contributed by atoms with Gasteiger partial charge in [-0.2, -0.15) is 0 Å². The fraction of sp³-hybridized carbons (Fsp3) is 0.345. The first kappa shape index (κ1) is 35.6. The second-order valence-corrected chi connectivity index (χ2v) is 12.1. The van der Waals surface area contributed by atoms with Crippen molar-refractivity contribution in [1.29, 1.82) is 0 Å². The van der Waals surface area contributed by atoms with E-state index in [1.54, 1.807) is 38.3 Å². The first-order valence-corrected chi connectivity index (χ1v) is 15.1. The molecule has 3 rings (SSSR count). The maximum Gasteiger partial charge on any atom is 0.310 e. The average molecular weight is 635 g/mol. The van der Waals surface area contributed by atoms with Crippen molar-refractivity contribution in [2.45, 2.75) is 42.8 Å².